The van der Waals surface area contributed by atoms with Crippen LogP contribution in [0, 0.1) is 0 Å². The van der Waals surface area contributed by atoms with Crippen molar-refractivity contribution in [3.05, 3.63) is 23.2 Å². The van der Waals surface area contributed by atoms with Gasteiger partial charge in [-0.15, -0.1) is 11.3 Å². The molecule has 0 aromatic carbocycles. The van der Waals surface area contributed by atoms with Gasteiger partial charge in [-0.05, 0) is 0 Å². The molecule has 0 bridgehead atoms. The summed E-state index contributed by atoms with van der Waals surface area (Å²) >= 11 is 1.48. The molecule has 0 amide bonds. The molecule has 2 rings (SSSR count). The maximum absolute atomic E-state index is 10.4. The number of nitrogens with zero attached hydrogens (tertiary/aromatic N) is 3. The van der Waals surface area contributed by atoms with E-state index in [1.165, 1.54) is 17.7 Å². The molecule has 18 heavy (non-hydrogen) atoms. The molecule has 2 heterocycles. The number of hydrogen-bond donors (Lipinski definition) is 3. The molecule has 0 saturated heterocycles. The van der Waals surface area contributed by atoms with Gasteiger partial charge in [0, 0.05) is 24.8 Å². The van der Waals surface area contributed by atoms with Crippen molar-refractivity contribution in [3.63, 3.8) is 0 Å². The predicted molar refractivity (Wildman–Crippen MR) is 66.6 cm³/mol. The lowest BCUT2D eigenvalue weighted by Crippen LogP contribution is -2.06. The summed E-state index contributed by atoms with van der Waals surface area (Å²) in [5.74, 6) is 0.0213. The van der Waals surface area contributed by atoms with Crippen molar-refractivity contribution in [3.8, 4) is 0 Å². The Labute approximate surface area is 107 Å². The van der Waals surface area contributed by atoms with E-state index in [-0.39, 0.29) is 6.42 Å². The number of carboxylic acids is 1. The van der Waals surface area contributed by atoms with E-state index in [0.29, 0.717) is 13.0 Å². The van der Waals surface area contributed by atoms with Gasteiger partial charge in [-0.25, -0.2) is 9.97 Å². The van der Waals surface area contributed by atoms with Crippen LogP contribution in [0.2, 0.25) is 0 Å². The molecule has 7 nitrogen and oxygen atoms in total. The van der Waals surface area contributed by atoms with E-state index >= 15 is 0 Å². The van der Waals surface area contributed by atoms with Crippen molar-refractivity contribution >= 4 is 22.4 Å². The molecule has 0 radical (unpaired) electrons. The number of thiazole rings is 1. The number of hydrogen-bond acceptors (Lipinski definition) is 6. The number of carbonyl (C=O) groups is 1. The molecule has 96 valence electrons. The van der Waals surface area contributed by atoms with E-state index in [1.807, 2.05) is 5.38 Å². The summed E-state index contributed by atoms with van der Waals surface area (Å²) in [6.07, 6.45) is 2.80. The maximum Gasteiger partial charge on any atom is 0.303 e. The topological polar surface area (TPSA) is 104 Å². The summed E-state index contributed by atoms with van der Waals surface area (Å²) in [6, 6.07) is 0. The molecule has 0 spiro atoms. The van der Waals surface area contributed by atoms with Gasteiger partial charge in [-0.1, -0.05) is 0 Å². The Kier molecular flexibility index (Phi) is 4.24. The van der Waals surface area contributed by atoms with Crippen LogP contribution in [0.3, 0.4) is 0 Å². The zero-order valence-corrected chi connectivity index (χ0v) is 10.4. The normalized spacial score (nSPS) is 10.4. The Morgan fingerprint density at radius 2 is 2.39 bits per heavy atom. The van der Waals surface area contributed by atoms with E-state index in [4.69, 9.17) is 5.11 Å². The first-order chi connectivity index (χ1) is 8.74. The minimum atomic E-state index is -0.803. The number of aromatic nitrogens is 4. The number of nitrogens with one attached hydrogen (secondary N) is 2. The number of carboxylic acid groups (broad SMARTS) is 1. The predicted octanol–water partition coefficient (Wildman–Crippen LogP) is 0.933. The second-order valence-electron chi connectivity index (χ2n) is 3.65. The Hall–Kier alpha value is -1.96. The standard InChI is InChI=1S/C10H13N5O2S/c16-9(17)2-1-7-5-18-10(14-7)11-4-3-8-12-6-13-15-8/h5-6H,1-4H2,(H,11,14)(H,16,17)(H,12,13,15). The molecule has 0 fully saturated rings. The highest BCUT2D eigenvalue weighted by Gasteiger charge is 2.04. The fourth-order valence-electron chi connectivity index (χ4n) is 1.38. The lowest BCUT2D eigenvalue weighted by molar-refractivity contribution is -0.136. The van der Waals surface area contributed by atoms with Crippen LogP contribution in [0.25, 0.3) is 0 Å². The number of rotatable bonds is 7. The third-order valence-electron chi connectivity index (χ3n) is 2.25. The average molecular weight is 267 g/mol. The summed E-state index contributed by atoms with van der Waals surface area (Å²) in [7, 11) is 0. The van der Waals surface area contributed by atoms with Crippen LogP contribution < -0.4 is 5.32 Å². The fourth-order valence-corrected chi connectivity index (χ4v) is 2.15. The van der Waals surface area contributed by atoms with E-state index in [1.54, 1.807) is 0 Å². The van der Waals surface area contributed by atoms with Crippen LogP contribution in [0.15, 0.2) is 11.7 Å². The quantitative estimate of drug-likeness (QED) is 0.689. The van der Waals surface area contributed by atoms with Gasteiger partial charge in [0.2, 0.25) is 0 Å². The lowest BCUT2D eigenvalue weighted by Gasteiger charge is -1.99. The van der Waals surface area contributed by atoms with Crippen molar-refractivity contribution in [1.29, 1.82) is 0 Å². The maximum atomic E-state index is 10.4. The number of anilines is 1. The number of aryl methyl sites for hydroxylation is 1. The van der Waals surface area contributed by atoms with Gasteiger partial charge in [0.1, 0.15) is 12.2 Å². The zero-order chi connectivity index (χ0) is 12.8. The Bertz CT molecular complexity index is 496. The molecule has 2 aromatic rings. The van der Waals surface area contributed by atoms with Crippen LogP contribution in [0.4, 0.5) is 5.13 Å². The van der Waals surface area contributed by atoms with E-state index < -0.39 is 5.97 Å². The van der Waals surface area contributed by atoms with Crippen molar-refractivity contribution in [2.24, 2.45) is 0 Å². The van der Waals surface area contributed by atoms with E-state index in [9.17, 15) is 4.79 Å². The van der Waals surface area contributed by atoms with Crippen LogP contribution in [-0.2, 0) is 17.6 Å². The largest absolute Gasteiger partial charge is 0.481 e. The van der Waals surface area contributed by atoms with Crippen LogP contribution in [-0.4, -0.2) is 37.8 Å². The highest BCUT2D eigenvalue weighted by atomic mass is 32.1. The second-order valence-corrected chi connectivity index (χ2v) is 4.50. The van der Waals surface area contributed by atoms with Gasteiger partial charge in [-0.2, -0.15) is 5.10 Å². The van der Waals surface area contributed by atoms with Gasteiger partial charge in [0.25, 0.3) is 0 Å². The molecule has 0 aliphatic rings. The molecule has 0 atom stereocenters. The van der Waals surface area contributed by atoms with Crippen molar-refractivity contribution in [2.75, 3.05) is 11.9 Å². The monoisotopic (exact) mass is 267 g/mol. The minimum Gasteiger partial charge on any atom is -0.481 e. The lowest BCUT2D eigenvalue weighted by atomic mass is 10.2. The Morgan fingerprint density at radius 1 is 1.50 bits per heavy atom. The highest BCUT2D eigenvalue weighted by molar-refractivity contribution is 7.13. The van der Waals surface area contributed by atoms with Gasteiger partial charge in [-0.3, -0.25) is 9.89 Å². The third-order valence-corrected chi connectivity index (χ3v) is 3.10. The minimum absolute atomic E-state index is 0.112. The molecule has 0 unspecified atom stereocenters. The van der Waals surface area contributed by atoms with Crippen molar-refractivity contribution < 1.29 is 9.90 Å². The summed E-state index contributed by atoms with van der Waals surface area (Å²) < 4.78 is 0. The smallest absolute Gasteiger partial charge is 0.303 e. The summed E-state index contributed by atoms with van der Waals surface area (Å²) in [6.45, 7) is 0.709. The second kappa shape index (κ2) is 6.10. The molecular formula is C10H13N5O2S. The number of aromatic amines is 1. The summed E-state index contributed by atoms with van der Waals surface area (Å²) in [5, 5.41) is 20.9. The molecular weight excluding hydrogens is 254 g/mol. The fraction of sp³-hybridized carbons (Fsp3) is 0.400. The van der Waals surface area contributed by atoms with Crippen LogP contribution in [0.1, 0.15) is 17.9 Å². The molecule has 8 heteroatoms. The average Bonchev–Trinajstić information content (AvgIpc) is 2.97. The Balaban J connectivity index is 1.74. The summed E-state index contributed by atoms with van der Waals surface area (Å²) in [5.41, 5.74) is 0.810. The van der Waals surface area contributed by atoms with Gasteiger partial charge in [0.15, 0.2) is 5.13 Å². The molecule has 2 aromatic heterocycles. The van der Waals surface area contributed by atoms with Gasteiger partial charge in [0.05, 0.1) is 12.1 Å². The molecule has 0 saturated carbocycles. The first-order valence-corrected chi connectivity index (χ1v) is 6.36. The van der Waals surface area contributed by atoms with Gasteiger partial charge < -0.3 is 10.4 Å². The van der Waals surface area contributed by atoms with Gasteiger partial charge >= 0.3 is 5.97 Å². The molecule has 3 N–H and O–H groups in total. The SMILES string of the molecule is O=C(O)CCc1csc(NCCc2ncn[nH]2)n1. The van der Waals surface area contributed by atoms with Crippen molar-refractivity contribution in [2.45, 2.75) is 19.3 Å². The van der Waals surface area contributed by atoms with E-state index in [0.717, 1.165) is 23.1 Å². The van der Waals surface area contributed by atoms with Crippen LogP contribution >= 0.6 is 11.3 Å². The zero-order valence-electron chi connectivity index (χ0n) is 9.59. The molecule has 0 aliphatic heterocycles. The molecule has 0 aliphatic carbocycles. The van der Waals surface area contributed by atoms with Crippen molar-refractivity contribution in [1.82, 2.24) is 20.2 Å². The summed E-state index contributed by atoms with van der Waals surface area (Å²) in [4.78, 5) is 18.7. The number of aliphatic carboxylic acids is 1. The third kappa shape index (κ3) is 3.81. The highest BCUT2D eigenvalue weighted by Crippen LogP contribution is 2.16. The van der Waals surface area contributed by atoms with E-state index in [2.05, 4.69) is 25.5 Å². The van der Waals surface area contributed by atoms with Crippen LogP contribution in [0.5, 0.6) is 0 Å². The Morgan fingerprint density at radius 3 is 3.11 bits per heavy atom. The first kappa shape index (κ1) is 12.5. The number of H-pyrrole nitrogens is 1. The first-order valence-electron chi connectivity index (χ1n) is 5.48.